The lowest BCUT2D eigenvalue weighted by atomic mass is 10.3. The van der Waals surface area contributed by atoms with Gasteiger partial charge < -0.3 is 0 Å². The summed E-state index contributed by atoms with van der Waals surface area (Å²) in [5.74, 6) is 0. The second-order valence-electron chi connectivity index (χ2n) is 1.38. The molecule has 0 aliphatic heterocycles. The van der Waals surface area contributed by atoms with Crippen LogP contribution >= 0.6 is 32.3 Å². The normalized spacial score (nSPS) is 10.3. The number of hydrogen-bond donors (Lipinski definition) is 0. The highest BCUT2D eigenvalue weighted by molar-refractivity contribution is 9.21. The smallest absolute Gasteiger partial charge is 0.0239 e. The molecule has 44 valence electrons. The van der Waals surface area contributed by atoms with E-state index in [1.807, 2.05) is 2.95 Å². The van der Waals surface area contributed by atoms with Crippen molar-refractivity contribution in [2.24, 2.45) is 0 Å². The number of unbranched alkanes of at least 4 members (excludes halogenated alkanes) is 1. The Kier molecular flexibility index (Phi) is 5.73. The Labute approximate surface area is 61.7 Å². The van der Waals surface area contributed by atoms with Gasteiger partial charge in [0.2, 0.25) is 0 Å². The van der Waals surface area contributed by atoms with Gasteiger partial charge in [0.25, 0.3) is 0 Å². The van der Waals surface area contributed by atoms with Gasteiger partial charge in [-0.2, -0.15) is 2.95 Å². The molecule has 0 N–H and O–H groups in total. The van der Waals surface area contributed by atoms with Gasteiger partial charge in [-0.05, 0) is 6.42 Å². The van der Waals surface area contributed by atoms with Crippen molar-refractivity contribution in [3.63, 3.8) is 0 Å². The van der Waals surface area contributed by atoms with Crippen molar-refractivity contribution in [2.75, 3.05) is 6.54 Å². The molecule has 0 aliphatic carbocycles. The molecule has 0 saturated carbocycles. The molecule has 1 nitrogen and oxygen atoms in total. The predicted molar refractivity (Wildman–Crippen MR) is 39.5 cm³/mol. The fourth-order valence-corrected chi connectivity index (χ4v) is 0.779. The van der Waals surface area contributed by atoms with E-state index >= 15 is 0 Å². The fraction of sp³-hybridized carbons (Fsp3) is 1.00. The van der Waals surface area contributed by atoms with Crippen LogP contribution in [0.25, 0.3) is 0 Å². The van der Waals surface area contributed by atoms with Crippen molar-refractivity contribution < 1.29 is 0 Å². The van der Waals surface area contributed by atoms with Crippen LogP contribution in [0.2, 0.25) is 0 Å². The van der Waals surface area contributed by atoms with Crippen LogP contribution in [0.4, 0.5) is 0 Å². The Bertz CT molecular complexity index is 38.7. The van der Waals surface area contributed by atoms with Crippen LogP contribution in [0, 0.1) is 0 Å². The van der Waals surface area contributed by atoms with Crippen LogP contribution in [0.1, 0.15) is 19.8 Å². The molecule has 0 aliphatic rings. The van der Waals surface area contributed by atoms with Gasteiger partial charge in [0.1, 0.15) is 0 Å². The SMILES string of the molecule is CCCCN(Br)Br. The Balaban J connectivity index is 2.68. The summed E-state index contributed by atoms with van der Waals surface area (Å²) in [5.41, 5.74) is 0. The molecule has 0 bridgehead atoms. The molecule has 0 aromatic rings. The average molecular weight is 231 g/mol. The highest BCUT2D eigenvalue weighted by Crippen LogP contribution is 2.05. The van der Waals surface area contributed by atoms with E-state index in [4.69, 9.17) is 0 Å². The number of rotatable bonds is 3. The van der Waals surface area contributed by atoms with Crippen molar-refractivity contribution in [3.05, 3.63) is 0 Å². The second kappa shape index (κ2) is 5.06. The molecule has 0 saturated heterocycles. The van der Waals surface area contributed by atoms with Crippen molar-refractivity contribution >= 4 is 32.3 Å². The highest BCUT2D eigenvalue weighted by atomic mass is 79.9. The molecule has 0 amide bonds. The molecule has 0 unspecified atom stereocenters. The lowest BCUT2D eigenvalue weighted by molar-refractivity contribution is 0.686. The first kappa shape index (κ1) is 7.92. The summed E-state index contributed by atoms with van der Waals surface area (Å²) in [6, 6.07) is 0. The molecule has 0 aromatic heterocycles. The second-order valence-corrected chi connectivity index (χ2v) is 4.04. The molecular weight excluding hydrogens is 222 g/mol. The third kappa shape index (κ3) is 6.92. The van der Waals surface area contributed by atoms with Crippen molar-refractivity contribution in [1.82, 2.24) is 2.95 Å². The van der Waals surface area contributed by atoms with Gasteiger partial charge in [0.15, 0.2) is 0 Å². The van der Waals surface area contributed by atoms with Crippen molar-refractivity contribution in [1.29, 1.82) is 0 Å². The lowest BCUT2D eigenvalue weighted by Crippen LogP contribution is -1.96. The maximum Gasteiger partial charge on any atom is 0.0239 e. The highest BCUT2D eigenvalue weighted by Gasteiger charge is 1.88. The number of halogens is 2. The summed E-state index contributed by atoms with van der Waals surface area (Å²) in [7, 11) is 0. The summed E-state index contributed by atoms with van der Waals surface area (Å²) in [5, 5.41) is 0. The summed E-state index contributed by atoms with van der Waals surface area (Å²) >= 11 is 6.45. The third-order valence-corrected chi connectivity index (χ3v) is 1.39. The molecule has 0 aromatic carbocycles. The zero-order valence-electron chi connectivity index (χ0n) is 4.32. The van der Waals surface area contributed by atoms with Gasteiger partial charge in [-0.1, -0.05) is 13.3 Å². The topological polar surface area (TPSA) is 3.24 Å². The Hall–Kier alpha value is 0.920. The standard InChI is InChI=1S/C4H9Br2N/c1-2-3-4-7(5)6/h2-4H2,1H3. The molecule has 0 fully saturated rings. The molecule has 0 radical (unpaired) electrons. The quantitative estimate of drug-likeness (QED) is 0.675. The molecule has 0 atom stereocenters. The van der Waals surface area contributed by atoms with E-state index in [0.29, 0.717) is 0 Å². The van der Waals surface area contributed by atoms with Gasteiger partial charge in [-0.15, -0.1) is 0 Å². The first-order valence-electron chi connectivity index (χ1n) is 2.36. The summed E-state index contributed by atoms with van der Waals surface area (Å²) in [6.45, 7) is 3.24. The van der Waals surface area contributed by atoms with Gasteiger partial charge in [0, 0.05) is 38.8 Å². The van der Waals surface area contributed by atoms with E-state index in [-0.39, 0.29) is 0 Å². The Morgan fingerprint density at radius 2 is 2.00 bits per heavy atom. The lowest BCUT2D eigenvalue weighted by Gasteiger charge is -1.99. The van der Waals surface area contributed by atoms with Crippen LogP contribution in [0.15, 0.2) is 0 Å². The monoisotopic (exact) mass is 229 g/mol. The largest absolute Gasteiger partial charge is 0.178 e. The number of nitrogens with zero attached hydrogens (tertiary/aromatic N) is 1. The van der Waals surface area contributed by atoms with Gasteiger partial charge in [0.05, 0.1) is 0 Å². The predicted octanol–water partition coefficient (Wildman–Crippen LogP) is 2.71. The van der Waals surface area contributed by atoms with Gasteiger partial charge in [-0.25, -0.2) is 0 Å². The minimum absolute atomic E-state index is 1.07. The summed E-state index contributed by atoms with van der Waals surface area (Å²) < 4.78 is 1.84. The van der Waals surface area contributed by atoms with Crippen LogP contribution < -0.4 is 0 Å². The van der Waals surface area contributed by atoms with Gasteiger partial charge >= 0.3 is 0 Å². The first-order valence-corrected chi connectivity index (χ1v) is 3.78. The summed E-state index contributed by atoms with van der Waals surface area (Å²) in [4.78, 5) is 0. The first-order chi connectivity index (χ1) is 3.27. The van der Waals surface area contributed by atoms with Crippen molar-refractivity contribution in [2.45, 2.75) is 19.8 Å². The molecule has 0 heterocycles. The molecule has 3 heteroatoms. The molecule has 0 spiro atoms. The van der Waals surface area contributed by atoms with Crippen LogP contribution in [-0.2, 0) is 0 Å². The van der Waals surface area contributed by atoms with E-state index in [1.54, 1.807) is 0 Å². The Morgan fingerprint density at radius 3 is 2.14 bits per heavy atom. The summed E-state index contributed by atoms with van der Waals surface area (Å²) in [6.07, 6.45) is 2.48. The van der Waals surface area contributed by atoms with Crippen LogP contribution in [0.5, 0.6) is 0 Å². The zero-order chi connectivity index (χ0) is 5.70. The maximum absolute atomic E-state index is 3.23. The van der Waals surface area contributed by atoms with E-state index < -0.39 is 0 Å². The van der Waals surface area contributed by atoms with E-state index in [2.05, 4.69) is 39.2 Å². The average Bonchev–Trinajstić information content (AvgIpc) is 1.61. The fourth-order valence-electron chi connectivity index (χ4n) is 0.278. The van der Waals surface area contributed by atoms with Crippen LogP contribution in [-0.4, -0.2) is 9.50 Å². The zero-order valence-corrected chi connectivity index (χ0v) is 7.50. The van der Waals surface area contributed by atoms with Gasteiger partial charge in [-0.3, -0.25) is 0 Å². The van der Waals surface area contributed by atoms with E-state index in [9.17, 15) is 0 Å². The molecule has 0 rings (SSSR count). The number of hydrogen-bond acceptors (Lipinski definition) is 1. The third-order valence-electron chi connectivity index (χ3n) is 0.681. The Morgan fingerprint density at radius 1 is 1.43 bits per heavy atom. The van der Waals surface area contributed by atoms with E-state index in [0.717, 1.165) is 6.54 Å². The maximum atomic E-state index is 3.23. The minimum atomic E-state index is 1.07. The van der Waals surface area contributed by atoms with Crippen LogP contribution in [0.3, 0.4) is 0 Å². The molecular formula is C4H9Br2N. The molecule has 7 heavy (non-hydrogen) atoms. The van der Waals surface area contributed by atoms with Crippen molar-refractivity contribution in [3.8, 4) is 0 Å². The minimum Gasteiger partial charge on any atom is -0.178 e. The van der Waals surface area contributed by atoms with E-state index in [1.165, 1.54) is 12.8 Å².